The van der Waals surface area contributed by atoms with Crippen LogP contribution in [-0.4, -0.2) is 84.6 Å². The summed E-state index contributed by atoms with van der Waals surface area (Å²) >= 11 is 0. The average Bonchev–Trinajstić information content (AvgIpc) is 3.76. The topological polar surface area (TPSA) is 137 Å². The molecule has 12 heteroatoms. The molecule has 46 heavy (non-hydrogen) atoms. The lowest BCUT2D eigenvalue weighted by atomic mass is 9.61. The van der Waals surface area contributed by atoms with Crippen LogP contribution in [0.25, 0.3) is 11.0 Å². The summed E-state index contributed by atoms with van der Waals surface area (Å²) in [5, 5.41) is 14.2. The van der Waals surface area contributed by atoms with Gasteiger partial charge in [0.25, 0.3) is 5.91 Å². The van der Waals surface area contributed by atoms with Gasteiger partial charge in [-0.1, -0.05) is 33.6 Å². The lowest BCUT2D eigenvalue weighted by molar-refractivity contribution is -0.119. The number of aromatic nitrogens is 4. The normalized spacial score (nSPS) is 26.5. The van der Waals surface area contributed by atoms with Crippen LogP contribution in [0.1, 0.15) is 95.1 Å². The molecule has 1 aliphatic carbocycles. The number of nitrogens with one attached hydrogen (secondary N) is 1. The van der Waals surface area contributed by atoms with E-state index in [4.69, 9.17) is 4.98 Å². The van der Waals surface area contributed by atoms with Gasteiger partial charge in [0.1, 0.15) is 17.2 Å². The zero-order valence-corrected chi connectivity index (χ0v) is 27.4. The second-order valence-corrected chi connectivity index (χ2v) is 15.2. The van der Waals surface area contributed by atoms with Gasteiger partial charge in [-0.05, 0) is 62.1 Å². The number of fused-ring (bicyclic) bond motifs is 3. The van der Waals surface area contributed by atoms with Crippen molar-refractivity contribution in [2.24, 2.45) is 10.8 Å². The predicted octanol–water partition coefficient (Wildman–Crippen LogP) is 5.83. The summed E-state index contributed by atoms with van der Waals surface area (Å²) < 4.78 is 2.08. The highest BCUT2D eigenvalue weighted by Crippen LogP contribution is 2.61. The van der Waals surface area contributed by atoms with E-state index in [-0.39, 0.29) is 34.7 Å². The van der Waals surface area contributed by atoms with Gasteiger partial charge in [-0.2, -0.15) is 4.98 Å². The third kappa shape index (κ3) is 4.79. The Morgan fingerprint density at radius 2 is 1.83 bits per heavy atom. The smallest absolute Gasteiger partial charge is 0.408 e. The first kappa shape index (κ1) is 30.4. The van der Waals surface area contributed by atoms with Gasteiger partial charge >= 0.3 is 6.09 Å². The Kier molecular flexibility index (Phi) is 7.06. The number of rotatable bonds is 5. The number of hydrogen-bond donors (Lipinski definition) is 2. The van der Waals surface area contributed by atoms with Crippen LogP contribution in [0.4, 0.5) is 22.2 Å². The highest BCUT2D eigenvalue weighted by Gasteiger charge is 2.64. The highest BCUT2D eigenvalue weighted by molar-refractivity contribution is 5.98. The van der Waals surface area contributed by atoms with Crippen molar-refractivity contribution in [2.75, 3.05) is 30.9 Å². The molecular weight excluding hydrogens is 584 g/mol. The number of carbonyl (C=O) groups is 3. The number of carboxylic acid groups (broad SMARTS) is 1. The van der Waals surface area contributed by atoms with Crippen molar-refractivity contribution in [1.82, 2.24) is 29.3 Å². The maximum absolute atomic E-state index is 13.5. The summed E-state index contributed by atoms with van der Waals surface area (Å²) in [5.41, 5.74) is 1.09. The van der Waals surface area contributed by atoms with Gasteiger partial charge in [0.15, 0.2) is 0 Å². The van der Waals surface area contributed by atoms with Crippen molar-refractivity contribution in [3.63, 3.8) is 0 Å². The van der Waals surface area contributed by atoms with Crippen LogP contribution in [0.3, 0.4) is 0 Å². The van der Waals surface area contributed by atoms with Gasteiger partial charge in [-0.3, -0.25) is 14.5 Å². The molecule has 3 aromatic rings. The summed E-state index contributed by atoms with van der Waals surface area (Å²) in [6.07, 6.45) is 10.4. The van der Waals surface area contributed by atoms with Crippen molar-refractivity contribution >= 4 is 46.4 Å². The molecule has 3 unspecified atom stereocenters. The third-order valence-corrected chi connectivity index (χ3v) is 11.2. The molecule has 3 aliphatic heterocycles. The first-order valence-electron chi connectivity index (χ1n) is 16.5. The van der Waals surface area contributed by atoms with Crippen LogP contribution in [0, 0.1) is 10.8 Å². The lowest BCUT2D eigenvalue weighted by Crippen LogP contribution is -2.63. The number of nitrogens with zero attached hydrogens (tertiary/aromatic N) is 7. The molecule has 244 valence electrons. The Balaban J connectivity index is 1.11. The summed E-state index contributed by atoms with van der Waals surface area (Å²) in [6, 6.07) is 5.76. The zero-order chi connectivity index (χ0) is 32.6. The minimum Gasteiger partial charge on any atom is -0.465 e. The molecule has 12 nitrogen and oxygen atoms in total. The summed E-state index contributed by atoms with van der Waals surface area (Å²) in [4.78, 5) is 58.0. The summed E-state index contributed by atoms with van der Waals surface area (Å²) in [7, 11) is 3.52. The van der Waals surface area contributed by atoms with E-state index >= 15 is 0 Å². The van der Waals surface area contributed by atoms with E-state index in [9.17, 15) is 19.5 Å². The van der Waals surface area contributed by atoms with Crippen molar-refractivity contribution in [3.05, 3.63) is 36.3 Å². The van der Waals surface area contributed by atoms with Crippen LogP contribution in [0.5, 0.6) is 0 Å². The van der Waals surface area contributed by atoms with Gasteiger partial charge in [-0.15, -0.1) is 0 Å². The molecule has 4 aliphatic rings. The molecule has 3 atom stereocenters. The predicted molar refractivity (Wildman–Crippen MR) is 174 cm³/mol. The van der Waals surface area contributed by atoms with Gasteiger partial charge in [0, 0.05) is 56.1 Å². The van der Waals surface area contributed by atoms with Gasteiger partial charge in [-0.25, -0.2) is 14.8 Å². The molecule has 0 radical (unpaired) electrons. The SMILES string of the molecule is CN(C)C(=O)c1cc2cnc(Nc3ccc(N4CC5(CC4=O)CC4CCC(C(C)(C)C)(C5)N4C(=O)O)cn3)nc2n1C1CCCC1. The minimum absolute atomic E-state index is 0.0522. The van der Waals surface area contributed by atoms with E-state index in [1.54, 1.807) is 36.3 Å². The van der Waals surface area contributed by atoms with E-state index in [0.29, 0.717) is 43.3 Å². The molecule has 2 N–H and O–H groups in total. The Labute approximate surface area is 269 Å². The Morgan fingerprint density at radius 1 is 1.07 bits per heavy atom. The monoisotopic (exact) mass is 628 g/mol. The molecule has 2 bridgehead atoms. The minimum atomic E-state index is -0.849. The second kappa shape index (κ2) is 10.7. The van der Waals surface area contributed by atoms with Crippen LogP contribution < -0.4 is 10.2 Å². The Morgan fingerprint density at radius 3 is 2.48 bits per heavy atom. The van der Waals surface area contributed by atoms with E-state index in [0.717, 1.165) is 55.2 Å². The average molecular weight is 629 g/mol. The van der Waals surface area contributed by atoms with E-state index in [1.165, 1.54) is 0 Å². The van der Waals surface area contributed by atoms with Crippen LogP contribution in [0.2, 0.25) is 0 Å². The number of pyridine rings is 1. The molecule has 3 saturated heterocycles. The highest BCUT2D eigenvalue weighted by atomic mass is 16.4. The molecule has 3 aromatic heterocycles. The fraction of sp³-hybridized carbons (Fsp3) is 0.588. The van der Waals surface area contributed by atoms with Crippen LogP contribution >= 0.6 is 0 Å². The molecule has 1 spiro atoms. The zero-order valence-electron chi connectivity index (χ0n) is 27.4. The lowest BCUT2D eigenvalue weighted by Gasteiger charge is -2.56. The Bertz CT molecular complexity index is 1710. The first-order chi connectivity index (χ1) is 21.8. The quantitative estimate of drug-likeness (QED) is 0.360. The summed E-state index contributed by atoms with van der Waals surface area (Å²) in [5.74, 6) is 0.939. The second-order valence-electron chi connectivity index (χ2n) is 15.2. The van der Waals surface area contributed by atoms with Crippen molar-refractivity contribution in [1.29, 1.82) is 0 Å². The standard InChI is InChI=1S/C34H44N8O4/c1-32(2,3)34-13-12-23(42(34)31(45)46)15-33(19-34)16-27(43)40(20-33)24-10-11-26(35-18-24)37-30-36-17-21-14-25(29(44)39(4)5)41(28(21)38-30)22-8-6-7-9-22/h10-11,14,17-18,22-23H,6-9,12-13,15-16,19-20H2,1-5H3,(H,45,46)(H,35,36,37,38). The maximum atomic E-state index is 13.5. The van der Waals surface area contributed by atoms with Gasteiger partial charge < -0.3 is 24.8 Å². The van der Waals surface area contributed by atoms with Crippen molar-refractivity contribution in [3.8, 4) is 0 Å². The van der Waals surface area contributed by atoms with Crippen molar-refractivity contribution < 1.29 is 19.5 Å². The number of amides is 3. The largest absolute Gasteiger partial charge is 0.465 e. The fourth-order valence-corrected chi connectivity index (χ4v) is 9.02. The maximum Gasteiger partial charge on any atom is 0.408 e. The number of piperidine rings is 1. The molecular formula is C34H44N8O4. The summed E-state index contributed by atoms with van der Waals surface area (Å²) in [6.45, 7) is 6.95. The molecule has 4 fully saturated rings. The molecule has 1 saturated carbocycles. The number of hydrogen-bond acceptors (Lipinski definition) is 7. The van der Waals surface area contributed by atoms with E-state index in [2.05, 4.69) is 40.6 Å². The number of carbonyl (C=O) groups excluding carboxylic acids is 2. The van der Waals surface area contributed by atoms with Gasteiger partial charge in [0.2, 0.25) is 11.9 Å². The first-order valence-corrected chi connectivity index (χ1v) is 16.5. The van der Waals surface area contributed by atoms with Crippen LogP contribution in [0.15, 0.2) is 30.6 Å². The van der Waals surface area contributed by atoms with Gasteiger partial charge in [0.05, 0.1) is 17.4 Å². The molecule has 6 heterocycles. The third-order valence-electron chi connectivity index (χ3n) is 11.2. The van der Waals surface area contributed by atoms with Crippen LogP contribution in [-0.2, 0) is 4.79 Å². The fourth-order valence-electron chi connectivity index (χ4n) is 9.02. The molecule has 0 aromatic carbocycles. The van der Waals surface area contributed by atoms with Crippen molar-refractivity contribution in [2.45, 2.75) is 96.2 Å². The van der Waals surface area contributed by atoms with E-state index < -0.39 is 11.6 Å². The van der Waals surface area contributed by atoms with E-state index in [1.807, 2.05) is 23.1 Å². The number of anilines is 3. The molecule has 7 rings (SSSR count). The Hall–Kier alpha value is -4.22. The molecule has 3 amide bonds.